The van der Waals surface area contributed by atoms with Crippen LogP contribution in [0.4, 0.5) is 17.6 Å². The van der Waals surface area contributed by atoms with E-state index in [0.29, 0.717) is 12.1 Å². The molecule has 1 aliphatic rings. The Hall–Kier alpha value is -2.43. The van der Waals surface area contributed by atoms with Crippen LogP contribution in [-0.4, -0.2) is 33.6 Å². The van der Waals surface area contributed by atoms with Crippen molar-refractivity contribution in [1.82, 2.24) is 5.32 Å². The van der Waals surface area contributed by atoms with E-state index in [-0.39, 0.29) is 17.2 Å². The van der Waals surface area contributed by atoms with Crippen molar-refractivity contribution in [3.8, 4) is 0 Å². The van der Waals surface area contributed by atoms with Crippen LogP contribution in [0.5, 0.6) is 0 Å². The number of rotatable bonds is 4. The number of carbonyl (C=O) groups excluding carboxylic acids is 1. The second-order valence-electron chi connectivity index (χ2n) is 4.58. The molecule has 1 aliphatic heterocycles. The van der Waals surface area contributed by atoms with E-state index in [1.54, 1.807) is 0 Å². The number of amidine groups is 1. The lowest BCUT2D eigenvalue weighted by Crippen LogP contribution is -2.26. The third kappa shape index (κ3) is 4.54. The predicted molar refractivity (Wildman–Crippen MR) is 78.2 cm³/mol. The van der Waals surface area contributed by atoms with Gasteiger partial charge in [0.05, 0.1) is 18.2 Å². The molecule has 1 saturated heterocycles. The molecular formula is C13H9F4N3O3S. The number of carboxylic acids is 1. The quantitative estimate of drug-likeness (QED) is 0.488. The second kappa shape index (κ2) is 6.99. The standard InChI is InChI=1S/C13H9F4N3O3S/c14-8-3-6(1-2-7(8)13(15,16)17)5-18-20-12-19-11(23)9(24-12)4-10(21)22/h1-3,5,9H,4H2,(H,21,22)(H,19,20,23). The molecule has 0 radical (unpaired) electrons. The molecule has 2 N–H and O–H groups in total. The molecule has 6 nitrogen and oxygen atoms in total. The maximum atomic E-state index is 13.4. The number of carboxylic acid groups (broad SMARTS) is 1. The fraction of sp³-hybridized carbons (Fsp3) is 0.231. The van der Waals surface area contributed by atoms with E-state index >= 15 is 0 Å². The van der Waals surface area contributed by atoms with Crippen molar-refractivity contribution in [3.05, 3.63) is 35.1 Å². The van der Waals surface area contributed by atoms with Crippen molar-refractivity contribution in [2.75, 3.05) is 0 Å². The fourth-order valence-electron chi connectivity index (χ4n) is 1.73. The Labute approximate surface area is 136 Å². The van der Waals surface area contributed by atoms with Gasteiger partial charge in [-0.2, -0.15) is 18.3 Å². The zero-order chi connectivity index (χ0) is 17.9. The summed E-state index contributed by atoms with van der Waals surface area (Å²) >= 11 is 0.863. The van der Waals surface area contributed by atoms with Crippen LogP contribution in [-0.2, 0) is 15.8 Å². The molecule has 1 amide bonds. The molecule has 24 heavy (non-hydrogen) atoms. The monoisotopic (exact) mass is 363 g/mol. The maximum Gasteiger partial charge on any atom is 0.419 e. The van der Waals surface area contributed by atoms with E-state index in [4.69, 9.17) is 5.11 Å². The van der Waals surface area contributed by atoms with E-state index in [2.05, 4.69) is 15.5 Å². The van der Waals surface area contributed by atoms with E-state index in [9.17, 15) is 27.2 Å². The first-order valence-electron chi connectivity index (χ1n) is 6.34. The summed E-state index contributed by atoms with van der Waals surface area (Å²) in [6.45, 7) is 0. The maximum absolute atomic E-state index is 13.4. The van der Waals surface area contributed by atoms with Gasteiger partial charge in [-0.15, -0.1) is 5.10 Å². The number of carbonyl (C=O) groups is 2. The van der Waals surface area contributed by atoms with Crippen molar-refractivity contribution >= 4 is 35.0 Å². The highest BCUT2D eigenvalue weighted by Crippen LogP contribution is 2.31. The molecule has 11 heteroatoms. The van der Waals surface area contributed by atoms with Crippen LogP contribution in [0.15, 0.2) is 28.4 Å². The second-order valence-corrected chi connectivity index (χ2v) is 5.77. The Bertz CT molecular complexity index is 734. The number of aliphatic carboxylic acids is 1. The number of hydrogen-bond acceptors (Lipinski definition) is 5. The van der Waals surface area contributed by atoms with E-state index in [1.807, 2.05) is 0 Å². The van der Waals surface area contributed by atoms with Crippen molar-refractivity contribution < 1.29 is 32.3 Å². The minimum atomic E-state index is -4.79. The van der Waals surface area contributed by atoms with Crippen molar-refractivity contribution in [3.63, 3.8) is 0 Å². The number of alkyl halides is 3. The van der Waals surface area contributed by atoms with Gasteiger partial charge in [-0.3, -0.25) is 9.59 Å². The molecule has 128 valence electrons. The van der Waals surface area contributed by atoms with E-state index in [1.165, 1.54) is 0 Å². The number of halogens is 4. The number of hydrogen-bond donors (Lipinski definition) is 2. The van der Waals surface area contributed by atoms with Gasteiger partial charge in [-0.1, -0.05) is 17.8 Å². The van der Waals surface area contributed by atoms with Crippen LogP contribution < -0.4 is 5.32 Å². The predicted octanol–water partition coefficient (Wildman–Crippen LogP) is 2.24. The van der Waals surface area contributed by atoms with Crippen LogP contribution >= 0.6 is 11.8 Å². The number of thioether (sulfide) groups is 1. The topological polar surface area (TPSA) is 91.1 Å². The molecule has 1 fully saturated rings. The molecule has 1 atom stereocenters. The zero-order valence-electron chi connectivity index (χ0n) is 11.7. The van der Waals surface area contributed by atoms with Gasteiger partial charge in [0.2, 0.25) is 5.91 Å². The first-order valence-corrected chi connectivity index (χ1v) is 7.22. The molecule has 1 aromatic carbocycles. The summed E-state index contributed by atoms with van der Waals surface area (Å²) in [6.07, 6.45) is -4.17. The van der Waals surface area contributed by atoms with E-state index in [0.717, 1.165) is 24.0 Å². The molecule has 0 bridgehead atoms. The van der Waals surface area contributed by atoms with Crippen LogP contribution in [0.1, 0.15) is 17.5 Å². The van der Waals surface area contributed by atoms with E-state index < -0.39 is 34.7 Å². The number of amides is 1. The first-order chi connectivity index (χ1) is 11.2. The molecule has 0 spiro atoms. The summed E-state index contributed by atoms with van der Waals surface area (Å²) in [5, 5.41) is 17.3. The molecule has 0 saturated carbocycles. The third-order valence-electron chi connectivity index (χ3n) is 2.79. The Morgan fingerprint density at radius 3 is 2.71 bits per heavy atom. The SMILES string of the molecule is O=C(O)CC1SC(=NN=Cc2ccc(C(F)(F)F)c(F)c2)NC1=O. The minimum absolute atomic E-state index is 0.0428. The van der Waals surface area contributed by atoms with Crippen molar-refractivity contribution in [1.29, 1.82) is 0 Å². The third-order valence-corrected chi connectivity index (χ3v) is 3.86. The van der Waals surface area contributed by atoms with Crippen LogP contribution in [0.3, 0.4) is 0 Å². The summed E-state index contributed by atoms with van der Waals surface area (Å²) in [6, 6.07) is 2.25. The summed E-state index contributed by atoms with van der Waals surface area (Å²) in [5.41, 5.74) is -1.35. The molecule has 1 heterocycles. The van der Waals surface area contributed by atoms with Gasteiger partial charge in [-0.05, 0) is 17.7 Å². The highest BCUT2D eigenvalue weighted by Gasteiger charge is 2.34. The molecular weight excluding hydrogens is 354 g/mol. The lowest BCUT2D eigenvalue weighted by Gasteiger charge is -2.07. The average molecular weight is 363 g/mol. The van der Waals surface area contributed by atoms with Gasteiger partial charge >= 0.3 is 12.1 Å². The molecule has 0 aromatic heterocycles. The van der Waals surface area contributed by atoms with Gasteiger partial charge in [0.15, 0.2) is 5.17 Å². The van der Waals surface area contributed by atoms with Gasteiger partial charge in [0, 0.05) is 0 Å². The molecule has 1 aromatic rings. The largest absolute Gasteiger partial charge is 0.481 e. The highest BCUT2D eigenvalue weighted by molar-refractivity contribution is 8.15. The first kappa shape index (κ1) is 17.9. The van der Waals surface area contributed by atoms with Crippen molar-refractivity contribution in [2.45, 2.75) is 17.8 Å². The zero-order valence-corrected chi connectivity index (χ0v) is 12.5. The lowest BCUT2D eigenvalue weighted by atomic mass is 10.1. The Kier molecular flexibility index (Phi) is 5.22. The van der Waals surface area contributed by atoms with Crippen LogP contribution in [0.25, 0.3) is 0 Å². The Morgan fingerprint density at radius 2 is 2.12 bits per heavy atom. The van der Waals surface area contributed by atoms with Gasteiger partial charge in [0.25, 0.3) is 0 Å². The fourth-order valence-corrected chi connectivity index (χ4v) is 2.65. The molecule has 1 unspecified atom stereocenters. The molecule has 0 aliphatic carbocycles. The van der Waals surface area contributed by atoms with Gasteiger partial charge < -0.3 is 10.4 Å². The summed E-state index contributed by atoms with van der Waals surface area (Å²) in [5.74, 6) is -3.12. The van der Waals surface area contributed by atoms with Gasteiger partial charge in [-0.25, -0.2) is 4.39 Å². The highest BCUT2D eigenvalue weighted by atomic mass is 32.2. The minimum Gasteiger partial charge on any atom is -0.481 e. The Balaban J connectivity index is 2.06. The Morgan fingerprint density at radius 1 is 1.42 bits per heavy atom. The number of nitrogens with zero attached hydrogens (tertiary/aromatic N) is 2. The summed E-state index contributed by atoms with van der Waals surface area (Å²) in [4.78, 5) is 22.0. The summed E-state index contributed by atoms with van der Waals surface area (Å²) in [7, 11) is 0. The van der Waals surface area contributed by atoms with Crippen molar-refractivity contribution in [2.24, 2.45) is 10.2 Å². The average Bonchev–Trinajstić information content (AvgIpc) is 2.77. The van der Waals surface area contributed by atoms with Crippen LogP contribution in [0.2, 0.25) is 0 Å². The molecule has 2 rings (SSSR count). The lowest BCUT2D eigenvalue weighted by molar-refractivity contribution is -0.140. The smallest absolute Gasteiger partial charge is 0.419 e. The number of benzene rings is 1. The van der Waals surface area contributed by atoms with Gasteiger partial charge in [0.1, 0.15) is 11.1 Å². The number of nitrogens with one attached hydrogen (secondary N) is 1. The van der Waals surface area contributed by atoms with Crippen LogP contribution in [0, 0.1) is 5.82 Å². The normalized spacial score (nSPS) is 19.9. The summed E-state index contributed by atoms with van der Waals surface area (Å²) < 4.78 is 50.6.